The van der Waals surface area contributed by atoms with E-state index in [9.17, 15) is 9.18 Å². The van der Waals surface area contributed by atoms with Gasteiger partial charge >= 0.3 is 5.97 Å². The molecule has 160 valence electrons. The summed E-state index contributed by atoms with van der Waals surface area (Å²) in [4.78, 5) is 21.5. The van der Waals surface area contributed by atoms with Crippen molar-refractivity contribution in [3.63, 3.8) is 0 Å². The number of esters is 1. The maximum atomic E-state index is 13.6. The van der Waals surface area contributed by atoms with Gasteiger partial charge in [-0.2, -0.15) is 0 Å². The number of ether oxygens (including phenoxy) is 2. The number of aromatic nitrogens is 1. The Hall–Kier alpha value is -1.73. The summed E-state index contributed by atoms with van der Waals surface area (Å²) in [7, 11) is 1.55. The summed E-state index contributed by atoms with van der Waals surface area (Å²) in [6.07, 6.45) is 8.75. The van der Waals surface area contributed by atoms with Gasteiger partial charge in [-0.05, 0) is 57.9 Å². The molecule has 3 aliphatic rings. The van der Waals surface area contributed by atoms with Crippen LogP contribution < -0.4 is 4.74 Å². The lowest BCUT2D eigenvalue weighted by molar-refractivity contribution is -0.151. The van der Waals surface area contributed by atoms with Gasteiger partial charge in [0.15, 0.2) is 0 Å². The third-order valence-corrected chi connectivity index (χ3v) is 6.78. The van der Waals surface area contributed by atoms with Crippen molar-refractivity contribution in [2.24, 2.45) is 5.41 Å². The number of rotatable bonds is 5. The van der Waals surface area contributed by atoms with Crippen molar-refractivity contribution in [2.45, 2.75) is 57.6 Å². The smallest absolute Gasteiger partial charge is 0.312 e. The molecule has 1 aromatic heterocycles. The SMILES string of the molecule is COc1ncc(F)cc1CN1CCC2(CC1)CC(CN1CCCCCC1)OC2=O. The van der Waals surface area contributed by atoms with E-state index in [1.165, 1.54) is 37.9 Å². The molecule has 7 heteroatoms. The fourth-order valence-electron chi connectivity index (χ4n) is 5.10. The molecule has 0 saturated carbocycles. The molecule has 4 heterocycles. The maximum Gasteiger partial charge on any atom is 0.312 e. The summed E-state index contributed by atoms with van der Waals surface area (Å²) in [5.74, 6) is 0.0939. The monoisotopic (exact) mass is 405 g/mol. The zero-order valence-electron chi connectivity index (χ0n) is 17.4. The first-order chi connectivity index (χ1) is 14.1. The van der Waals surface area contributed by atoms with E-state index in [1.54, 1.807) is 7.11 Å². The second-order valence-corrected chi connectivity index (χ2v) is 8.82. The van der Waals surface area contributed by atoms with Crippen LogP contribution in [0.4, 0.5) is 4.39 Å². The number of carbonyl (C=O) groups is 1. The predicted octanol–water partition coefficient (Wildman–Crippen LogP) is 3.00. The normalized spacial score (nSPS) is 25.7. The van der Waals surface area contributed by atoms with E-state index in [4.69, 9.17) is 9.47 Å². The van der Waals surface area contributed by atoms with Crippen LogP contribution in [0.2, 0.25) is 0 Å². The van der Waals surface area contributed by atoms with Gasteiger partial charge in [-0.1, -0.05) is 12.8 Å². The van der Waals surface area contributed by atoms with Crippen molar-refractivity contribution < 1.29 is 18.7 Å². The molecule has 1 atom stereocenters. The first kappa shape index (κ1) is 20.5. The Bertz CT molecular complexity index is 713. The van der Waals surface area contributed by atoms with Crippen LogP contribution in [0.25, 0.3) is 0 Å². The highest BCUT2D eigenvalue weighted by molar-refractivity contribution is 5.79. The van der Waals surface area contributed by atoms with Crippen LogP contribution in [0, 0.1) is 11.2 Å². The third kappa shape index (κ3) is 4.72. The molecule has 6 nitrogen and oxygen atoms in total. The second kappa shape index (κ2) is 8.96. The predicted molar refractivity (Wildman–Crippen MR) is 107 cm³/mol. The molecule has 0 aromatic carbocycles. The zero-order chi connectivity index (χ0) is 20.3. The topological polar surface area (TPSA) is 54.9 Å². The lowest BCUT2D eigenvalue weighted by atomic mass is 9.76. The van der Waals surface area contributed by atoms with Crippen molar-refractivity contribution in [1.29, 1.82) is 0 Å². The van der Waals surface area contributed by atoms with Crippen LogP contribution in [-0.2, 0) is 16.1 Å². The van der Waals surface area contributed by atoms with Gasteiger partial charge in [-0.25, -0.2) is 9.37 Å². The average Bonchev–Trinajstić information content (AvgIpc) is 2.87. The molecule has 0 amide bonds. The molecule has 4 rings (SSSR count). The summed E-state index contributed by atoms with van der Waals surface area (Å²) < 4.78 is 24.7. The lowest BCUT2D eigenvalue weighted by Crippen LogP contribution is -2.42. The average molecular weight is 406 g/mol. The first-order valence-electron chi connectivity index (χ1n) is 10.9. The van der Waals surface area contributed by atoms with Crippen LogP contribution >= 0.6 is 0 Å². The van der Waals surface area contributed by atoms with Crippen LogP contribution in [0.1, 0.15) is 50.5 Å². The number of pyridine rings is 1. The number of nitrogens with zero attached hydrogens (tertiary/aromatic N) is 3. The highest BCUT2D eigenvalue weighted by Gasteiger charge is 2.50. The molecule has 3 fully saturated rings. The molecule has 29 heavy (non-hydrogen) atoms. The van der Waals surface area contributed by atoms with Crippen LogP contribution in [-0.4, -0.2) is 66.7 Å². The first-order valence-corrected chi connectivity index (χ1v) is 10.9. The third-order valence-electron chi connectivity index (χ3n) is 6.78. The molecule has 3 aliphatic heterocycles. The minimum absolute atomic E-state index is 0.0121. The number of likely N-dealkylation sites (tertiary alicyclic amines) is 2. The van der Waals surface area contributed by atoms with Gasteiger partial charge < -0.3 is 9.47 Å². The van der Waals surface area contributed by atoms with Gasteiger partial charge in [0.1, 0.15) is 11.9 Å². The van der Waals surface area contributed by atoms with Crippen molar-refractivity contribution in [3.05, 3.63) is 23.6 Å². The number of hydrogen-bond acceptors (Lipinski definition) is 6. The van der Waals surface area contributed by atoms with E-state index < -0.39 is 0 Å². The second-order valence-electron chi connectivity index (χ2n) is 8.82. The van der Waals surface area contributed by atoms with Gasteiger partial charge in [-0.3, -0.25) is 14.6 Å². The summed E-state index contributed by atoms with van der Waals surface area (Å²) in [6.45, 7) is 5.30. The largest absolute Gasteiger partial charge is 0.481 e. The number of methoxy groups -OCH3 is 1. The number of hydrogen-bond donors (Lipinski definition) is 0. The summed E-state index contributed by atoms with van der Waals surface area (Å²) in [5, 5.41) is 0. The molecule has 0 bridgehead atoms. The highest BCUT2D eigenvalue weighted by atomic mass is 19.1. The molecule has 1 unspecified atom stereocenters. The number of carbonyl (C=O) groups excluding carboxylic acids is 1. The molecule has 0 aliphatic carbocycles. The molecule has 0 radical (unpaired) electrons. The van der Waals surface area contributed by atoms with Gasteiger partial charge in [0, 0.05) is 25.1 Å². The molecular weight excluding hydrogens is 373 g/mol. The van der Waals surface area contributed by atoms with Crippen LogP contribution in [0.15, 0.2) is 12.3 Å². The van der Waals surface area contributed by atoms with Gasteiger partial charge in [-0.15, -0.1) is 0 Å². The Labute approximate surface area is 172 Å². The quantitative estimate of drug-likeness (QED) is 0.702. The molecule has 0 N–H and O–H groups in total. The fourth-order valence-corrected chi connectivity index (χ4v) is 5.10. The van der Waals surface area contributed by atoms with Crippen molar-refractivity contribution >= 4 is 5.97 Å². The number of piperidine rings is 1. The van der Waals surface area contributed by atoms with Gasteiger partial charge in [0.2, 0.25) is 5.88 Å². The number of cyclic esters (lactones) is 1. The van der Waals surface area contributed by atoms with Crippen molar-refractivity contribution in [1.82, 2.24) is 14.8 Å². The molecule has 1 spiro atoms. The van der Waals surface area contributed by atoms with E-state index >= 15 is 0 Å². The summed E-state index contributed by atoms with van der Waals surface area (Å²) >= 11 is 0. The highest BCUT2D eigenvalue weighted by Crippen LogP contribution is 2.43. The van der Waals surface area contributed by atoms with Gasteiger partial charge in [0.05, 0.1) is 18.7 Å². The summed E-state index contributed by atoms with van der Waals surface area (Å²) in [6, 6.07) is 1.48. The Morgan fingerprint density at radius 3 is 2.59 bits per heavy atom. The van der Waals surface area contributed by atoms with E-state index in [0.29, 0.717) is 12.4 Å². The molecule has 1 aromatic rings. The molecule has 3 saturated heterocycles. The van der Waals surface area contributed by atoms with Crippen LogP contribution in [0.5, 0.6) is 5.88 Å². The van der Waals surface area contributed by atoms with Crippen molar-refractivity contribution in [3.8, 4) is 5.88 Å². The number of halogens is 1. The molecular formula is C22H32FN3O3. The zero-order valence-corrected chi connectivity index (χ0v) is 17.4. The Kier molecular flexibility index (Phi) is 6.35. The minimum atomic E-state index is -0.356. The van der Waals surface area contributed by atoms with E-state index in [2.05, 4.69) is 14.8 Å². The maximum absolute atomic E-state index is 13.6. The van der Waals surface area contributed by atoms with E-state index in [0.717, 1.165) is 57.5 Å². The Morgan fingerprint density at radius 2 is 1.90 bits per heavy atom. The fraction of sp³-hybridized carbons (Fsp3) is 0.727. The van der Waals surface area contributed by atoms with E-state index in [-0.39, 0.29) is 23.3 Å². The summed E-state index contributed by atoms with van der Waals surface area (Å²) in [5.41, 5.74) is 0.411. The minimum Gasteiger partial charge on any atom is -0.481 e. The van der Waals surface area contributed by atoms with Gasteiger partial charge in [0.25, 0.3) is 0 Å². The standard InChI is InChI=1S/C22H32FN3O3/c1-28-20-17(12-18(23)14-24-20)15-26-10-6-22(7-11-26)13-19(29-21(22)27)16-25-8-4-2-3-5-9-25/h12,14,19H,2-11,13,15-16H2,1H3. The van der Waals surface area contributed by atoms with Crippen LogP contribution in [0.3, 0.4) is 0 Å². The lowest BCUT2D eigenvalue weighted by Gasteiger charge is -2.36. The van der Waals surface area contributed by atoms with Crippen molar-refractivity contribution in [2.75, 3.05) is 39.8 Å². The Morgan fingerprint density at radius 1 is 1.17 bits per heavy atom. The van der Waals surface area contributed by atoms with E-state index in [1.807, 2.05) is 0 Å². The Balaban J connectivity index is 1.32.